The zero-order valence-electron chi connectivity index (χ0n) is 12.9. The third-order valence-electron chi connectivity index (χ3n) is 4.25. The number of amides is 1. The second kappa shape index (κ2) is 7.29. The van der Waals surface area contributed by atoms with E-state index in [1.165, 1.54) is 0 Å². The molecule has 1 aromatic carbocycles. The smallest absolute Gasteiger partial charge is 0.242 e. The van der Waals surface area contributed by atoms with Crippen LogP contribution in [0.15, 0.2) is 29.2 Å². The van der Waals surface area contributed by atoms with Crippen LogP contribution in [0.4, 0.5) is 0 Å². The molecule has 1 unspecified atom stereocenters. The van der Waals surface area contributed by atoms with Crippen molar-refractivity contribution in [2.24, 2.45) is 5.73 Å². The molecule has 4 nitrogen and oxygen atoms in total. The number of primary amides is 1. The molecule has 0 fully saturated rings. The summed E-state index contributed by atoms with van der Waals surface area (Å²) in [5, 5.41) is 3.46. The Balaban J connectivity index is 2.17. The second-order valence-electron chi connectivity index (χ2n) is 5.32. The van der Waals surface area contributed by atoms with Gasteiger partial charge in [-0.1, -0.05) is 32.0 Å². The number of nitrogens with one attached hydrogen (secondary N) is 1. The van der Waals surface area contributed by atoms with Crippen LogP contribution in [-0.4, -0.2) is 42.7 Å². The van der Waals surface area contributed by atoms with Crippen molar-refractivity contribution in [2.45, 2.75) is 30.7 Å². The van der Waals surface area contributed by atoms with Crippen LogP contribution in [-0.2, 0) is 10.3 Å². The molecule has 1 atom stereocenters. The monoisotopic (exact) mass is 307 g/mol. The molecule has 1 amide bonds. The van der Waals surface area contributed by atoms with E-state index < -0.39 is 5.54 Å². The van der Waals surface area contributed by atoms with Crippen molar-refractivity contribution in [1.82, 2.24) is 10.2 Å². The van der Waals surface area contributed by atoms with E-state index in [0.717, 1.165) is 48.8 Å². The topological polar surface area (TPSA) is 58.4 Å². The third kappa shape index (κ3) is 3.42. The predicted octanol–water partition coefficient (Wildman–Crippen LogP) is 1.79. The first-order valence-corrected chi connectivity index (χ1v) is 8.62. The Morgan fingerprint density at radius 2 is 2.10 bits per heavy atom. The van der Waals surface area contributed by atoms with Gasteiger partial charge < -0.3 is 10.6 Å². The molecule has 1 aliphatic rings. The Kier molecular flexibility index (Phi) is 5.67. The Hall–Kier alpha value is -1.04. The van der Waals surface area contributed by atoms with Crippen molar-refractivity contribution in [3.05, 3.63) is 29.8 Å². The van der Waals surface area contributed by atoms with Crippen LogP contribution >= 0.6 is 11.8 Å². The zero-order chi connectivity index (χ0) is 15.3. The van der Waals surface area contributed by atoms with Crippen molar-refractivity contribution in [3.8, 4) is 0 Å². The fraction of sp³-hybridized carbons (Fsp3) is 0.562. The quantitative estimate of drug-likeness (QED) is 0.806. The number of likely N-dealkylation sites (N-methyl/N-ethyl adjacent to an activating group) is 1. The van der Waals surface area contributed by atoms with E-state index in [0.29, 0.717) is 0 Å². The van der Waals surface area contributed by atoms with Crippen LogP contribution in [0.2, 0.25) is 0 Å². The fourth-order valence-electron chi connectivity index (χ4n) is 2.89. The molecule has 0 bridgehead atoms. The molecule has 116 valence electrons. The van der Waals surface area contributed by atoms with Crippen LogP contribution in [0.5, 0.6) is 0 Å². The molecule has 0 radical (unpaired) electrons. The SMILES string of the molecule is CCN(CC)CCNC1(C(N)=O)CCSc2ccccc21. The summed E-state index contributed by atoms with van der Waals surface area (Å²) in [6, 6.07) is 8.09. The van der Waals surface area contributed by atoms with Gasteiger partial charge in [0.1, 0.15) is 5.54 Å². The maximum atomic E-state index is 12.2. The van der Waals surface area contributed by atoms with Gasteiger partial charge in [-0.05, 0) is 31.1 Å². The van der Waals surface area contributed by atoms with Crippen LogP contribution in [0.25, 0.3) is 0 Å². The first-order chi connectivity index (χ1) is 10.1. The van der Waals surface area contributed by atoms with E-state index >= 15 is 0 Å². The average molecular weight is 307 g/mol. The number of nitrogens with two attached hydrogens (primary N) is 1. The molecule has 0 saturated heterocycles. The molecule has 3 N–H and O–H groups in total. The molecule has 21 heavy (non-hydrogen) atoms. The van der Waals surface area contributed by atoms with Crippen LogP contribution in [0, 0.1) is 0 Å². The molecule has 2 rings (SSSR count). The van der Waals surface area contributed by atoms with Gasteiger partial charge in [-0.2, -0.15) is 0 Å². The van der Waals surface area contributed by atoms with E-state index in [1.807, 2.05) is 18.2 Å². The number of thioether (sulfide) groups is 1. The minimum atomic E-state index is -0.713. The highest BCUT2D eigenvalue weighted by Crippen LogP contribution is 2.39. The third-order valence-corrected chi connectivity index (χ3v) is 5.33. The van der Waals surface area contributed by atoms with Gasteiger partial charge in [0.2, 0.25) is 5.91 Å². The lowest BCUT2D eigenvalue weighted by Gasteiger charge is -2.37. The number of carbonyl (C=O) groups is 1. The number of rotatable bonds is 7. The summed E-state index contributed by atoms with van der Waals surface area (Å²) >= 11 is 1.80. The highest BCUT2D eigenvalue weighted by molar-refractivity contribution is 7.99. The normalized spacial score (nSPS) is 21.3. The van der Waals surface area contributed by atoms with Gasteiger partial charge in [-0.25, -0.2) is 0 Å². The molecule has 1 heterocycles. The van der Waals surface area contributed by atoms with E-state index in [9.17, 15) is 4.79 Å². The minimum Gasteiger partial charge on any atom is -0.368 e. The lowest BCUT2D eigenvalue weighted by atomic mass is 9.85. The van der Waals surface area contributed by atoms with Gasteiger partial charge in [-0.15, -0.1) is 11.8 Å². The van der Waals surface area contributed by atoms with E-state index in [2.05, 4.69) is 30.1 Å². The Bertz CT molecular complexity index is 490. The minimum absolute atomic E-state index is 0.269. The van der Waals surface area contributed by atoms with Crippen molar-refractivity contribution in [3.63, 3.8) is 0 Å². The van der Waals surface area contributed by atoms with Gasteiger partial charge in [0.25, 0.3) is 0 Å². The van der Waals surface area contributed by atoms with Crippen molar-refractivity contribution in [2.75, 3.05) is 31.9 Å². The summed E-state index contributed by atoms with van der Waals surface area (Å²) in [6.45, 7) is 8.04. The molecular weight excluding hydrogens is 282 g/mol. The van der Waals surface area contributed by atoms with Crippen LogP contribution in [0.3, 0.4) is 0 Å². The van der Waals surface area contributed by atoms with Crippen LogP contribution in [0.1, 0.15) is 25.8 Å². The van der Waals surface area contributed by atoms with Crippen molar-refractivity contribution < 1.29 is 4.79 Å². The highest BCUT2D eigenvalue weighted by atomic mass is 32.2. The molecule has 1 aromatic rings. The number of fused-ring (bicyclic) bond motifs is 1. The summed E-state index contributed by atoms with van der Waals surface area (Å²) in [4.78, 5) is 15.7. The number of hydrogen-bond acceptors (Lipinski definition) is 4. The first-order valence-electron chi connectivity index (χ1n) is 7.63. The van der Waals surface area contributed by atoms with Crippen LogP contribution < -0.4 is 11.1 Å². The summed E-state index contributed by atoms with van der Waals surface area (Å²) in [5.41, 5.74) is 6.10. The second-order valence-corrected chi connectivity index (χ2v) is 6.45. The fourth-order valence-corrected chi connectivity index (χ4v) is 4.09. The molecule has 0 spiro atoms. The standard InChI is InChI=1S/C16H25N3OS/c1-3-19(4-2)11-10-18-16(15(17)20)9-12-21-14-8-6-5-7-13(14)16/h5-8,18H,3-4,9-12H2,1-2H3,(H2,17,20). The van der Waals surface area contributed by atoms with Gasteiger partial charge in [-0.3, -0.25) is 10.1 Å². The Morgan fingerprint density at radius 1 is 1.38 bits per heavy atom. The highest BCUT2D eigenvalue weighted by Gasteiger charge is 2.41. The van der Waals surface area contributed by atoms with Gasteiger partial charge in [0.15, 0.2) is 0 Å². The van der Waals surface area contributed by atoms with E-state index in [1.54, 1.807) is 11.8 Å². The zero-order valence-corrected chi connectivity index (χ0v) is 13.7. The lowest BCUT2D eigenvalue weighted by molar-refractivity contribution is -0.125. The number of benzene rings is 1. The van der Waals surface area contributed by atoms with Crippen molar-refractivity contribution in [1.29, 1.82) is 0 Å². The maximum Gasteiger partial charge on any atom is 0.242 e. The number of nitrogens with zero attached hydrogens (tertiary/aromatic N) is 1. The van der Waals surface area contributed by atoms with Gasteiger partial charge >= 0.3 is 0 Å². The average Bonchev–Trinajstić information content (AvgIpc) is 2.51. The molecule has 0 aliphatic carbocycles. The molecule has 1 aliphatic heterocycles. The number of carbonyl (C=O) groups excluding carboxylic acids is 1. The summed E-state index contributed by atoms with van der Waals surface area (Å²) in [6.07, 6.45) is 0.752. The Labute approximate surface area is 131 Å². The van der Waals surface area contributed by atoms with E-state index in [-0.39, 0.29) is 5.91 Å². The maximum absolute atomic E-state index is 12.2. The molecule has 0 saturated carbocycles. The summed E-state index contributed by atoms with van der Waals surface area (Å²) < 4.78 is 0. The predicted molar refractivity (Wildman–Crippen MR) is 88.4 cm³/mol. The van der Waals surface area contributed by atoms with Gasteiger partial charge in [0.05, 0.1) is 0 Å². The Morgan fingerprint density at radius 3 is 2.76 bits per heavy atom. The lowest BCUT2D eigenvalue weighted by Crippen LogP contribution is -2.55. The molecule has 0 aromatic heterocycles. The largest absolute Gasteiger partial charge is 0.368 e. The van der Waals surface area contributed by atoms with Crippen molar-refractivity contribution >= 4 is 17.7 Å². The summed E-state index contributed by atoms with van der Waals surface area (Å²) in [7, 11) is 0. The molecular formula is C16H25N3OS. The summed E-state index contributed by atoms with van der Waals surface area (Å²) in [5.74, 6) is 0.646. The van der Waals surface area contributed by atoms with E-state index in [4.69, 9.17) is 5.73 Å². The van der Waals surface area contributed by atoms with Gasteiger partial charge in [0, 0.05) is 23.7 Å². The first kappa shape index (κ1) is 16.3. The number of hydrogen-bond donors (Lipinski definition) is 2. The molecule has 5 heteroatoms.